The van der Waals surface area contributed by atoms with Crippen LogP contribution < -0.4 is 15.4 Å². The molecule has 0 unspecified atom stereocenters. The molecule has 1 aliphatic rings. The van der Waals surface area contributed by atoms with Crippen molar-refractivity contribution in [3.63, 3.8) is 0 Å². The van der Waals surface area contributed by atoms with Crippen molar-refractivity contribution in [2.24, 2.45) is 0 Å². The van der Waals surface area contributed by atoms with E-state index in [1.54, 1.807) is 48.5 Å². The van der Waals surface area contributed by atoms with Gasteiger partial charge in [-0.1, -0.05) is 12.1 Å². The zero-order valence-electron chi connectivity index (χ0n) is 17.0. The molecule has 2 amide bonds. The smallest absolute Gasteiger partial charge is 0.377 e. The number of nitrogens with one attached hydrogen (secondary N) is 2. The van der Waals surface area contributed by atoms with Gasteiger partial charge in [0.15, 0.2) is 6.10 Å². The zero-order chi connectivity index (χ0) is 22.2. The average Bonchev–Trinajstić information content (AvgIpc) is 2.80. The fraction of sp³-hybridized carbons (Fsp3) is 0.227. The van der Waals surface area contributed by atoms with Crippen LogP contribution >= 0.6 is 0 Å². The van der Waals surface area contributed by atoms with Crippen LogP contribution in [-0.4, -0.2) is 44.2 Å². The monoisotopic (exact) mass is 426 g/mol. The van der Waals surface area contributed by atoms with Crippen molar-refractivity contribution in [3.05, 3.63) is 66.1 Å². The van der Waals surface area contributed by atoms with E-state index in [1.165, 1.54) is 14.0 Å². The molecule has 0 saturated carbocycles. The summed E-state index contributed by atoms with van der Waals surface area (Å²) in [6, 6.07) is 13.3. The van der Waals surface area contributed by atoms with Crippen molar-refractivity contribution in [2.45, 2.75) is 13.0 Å². The van der Waals surface area contributed by atoms with Crippen LogP contribution in [0.25, 0.3) is 0 Å². The van der Waals surface area contributed by atoms with Crippen molar-refractivity contribution in [1.29, 1.82) is 0 Å². The summed E-state index contributed by atoms with van der Waals surface area (Å²) >= 11 is 0. The Hall–Kier alpha value is -4.01. The normalized spacial score (nSPS) is 13.5. The number of anilines is 2. The number of amides is 2. The van der Waals surface area contributed by atoms with Crippen LogP contribution in [0.1, 0.15) is 17.3 Å². The Labute approximate surface area is 178 Å². The summed E-state index contributed by atoms with van der Waals surface area (Å²) in [5, 5.41) is 5.40. The third-order valence-corrected chi connectivity index (χ3v) is 4.27. The Balaban J connectivity index is 1.55. The Morgan fingerprint density at radius 3 is 2.42 bits per heavy atom. The molecule has 0 bridgehead atoms. The van der Waals surface area contributed by atoms with E-state index in [1.807, 2.05) is 0 Å². The lowest BCUT2D eigenvalue weighted by molar-refractivity contribution is -0.153. The van der Waals surface area contributed by atoms with Crippen LogP contribution in [0.5, 0.6) is 5.75 Å². The number of methoxy groups -OCH3 is 1. The van der Waals surface area contributed by atoms with Crippen molar-refractivity contribution >= 4 is 29.2 Å². The lowest BCUT2D eigenvalue weighted by Crippen LogP contribution is -2.31. The van der Waals surface area contributed by atoms with Crippen LogP contribution in [0, 0.1) is 0 Å². The summed E-state index contributed by atoms with van der Waals surface area (Å²) in [5.41, 5.74) is 1.38. The van der Waals surface area contributed by atoms with Gasteiger partial charge in [-0.3, -0.25) is 9.59 Å². The maximum atomic E-state index is 12.5. The van der Waals surface area contributed by atoms with E-state index in [2.05, 4.69) is 10.6 Å². The molecule has 1 aliphatic heterocycles. The number of rotatable bonds is 7. The van der Waals surface area contributed by atoms with Gasteiger partial charge in [-0.2, -0.15) is 0 Å². The maximum absolute atomic E-state index is 12.5. The molecule has 2 N–H and O–H groups in total. The van der Waals surface area contributed by atoms with Gasteiger partial charge in [-0.15, -0.1) is 0 Å². The second kappa shape index (κ2) is 10.1. The fourth-order valence-corrected chi connectivity index (χ4v) is 2.64. The van der Waals surface area contributed by atoms with E-state index < -0.39 is 18.0 Å². The van der Waals surface area contributed by atoms with Gasteiger partial charge in [0.2, 0.25) is 5.76 Å². The van der Waals surface area contributed by atoms with Crippen molar-refractivity contribution in [3.8, 4) is 5.75 Å². The number of carbonyl (C=O) groups is 3. The summed E-state index contributed by atoms with van der Waals surface area (Å²) in [5.74, 6) is -1.18. The maximum Gasteiger partial charge on any atom is 0.377 e. The van der Waals surface area contributed by atoms with E-state index in [9.17, 15) is 14.4 Å². The average molecular weight is 426 g/mol. The molecular formula is C22H22N2O7. The molecule has 0 fully saturated rings. The van der Waals surface area contributed by atoms with E-state index in [-0.39, 0.29) is 18.3 Å². The molecule has 162 valence electrons. The van der Waals surface area contributed by atoms with Gasteiger partial charge in [0.05, 0.1) is 12.8 Å². The molecule has 31 heavy (non-hydrogen) atoms. The Morgan fingerprint density at radius 1 is 1.00 bits per heavy atom. The molecule has 1 heterocycles. The fourth-order valence-electron chi connectivity index (χ4n) is 2.64. The number of hydrogen-bond acceptors (Lipinski definition) is 7. The largest absolute Gasteiger partial charge is 0.495 e. The third-order valence-electron chi connectivity index (χ3n) is 4.27. The highest BCUT2D eigenvalue weighted by Gasteiger charge is 2.23. The Bertz CT molecular complexity index is 986. The second-order valence-electron chi connectivity index (χ2n) is 6.47. The van der Waals surface area contributed by atoms with Crippen LogP contribution in [0.4, 0.5) is 11.4 Å². The topological polar surface area (TPSA) is 112 Å². The zero-order valence-corrected chi connectivity index (χ0v) is 17.0. The summed E-state index contributed by atoms with van der Waals surface area (Å²) < 4.78 is 20.4. The van der Waals surface area contributed by atoms with Crippen LogP contribution in [-0.2, 0) is 23.8 Å². The molecule has 9 nitrogen and oxygen atoms in total. The second-order valence-corrected chi connectivity index (χ2v) is 6.47. The predicted molar refractivity (Wildman–Crippen MR) is 112 cm³/mol. The van der Waals surface area contributed by atoms with Crippen molar-refractivity contribution < 1.29 is 33.3 Å². The first-order valence-electron chi connectivity index (χ1n) is 9.49. The number of para-hydroxylation sites is 2. The van der Waals surface area contributed by atoms with Crippen LogP contribution in [0.3, 0.4) is 0 Å². The number of benzene rings is 2. The molecule has 2 aromatic carbocycles. The van der Waals surface area contributed by atoms with Gasteiger partial charge in [0, 0.05) is 11.3 Å². The SMILES string of the molecule is COc1ccccc1NC(=O)c1ccc(NC(=O)[C@@H](C)OC(=O)C2=COCCO2)cc1. The van der Waals surface area contributed by atoms with E-state index in [4.69, 9.17) is 18.9 Å². The molecule has 0 spiro atoms. The summed E-state index contributed by atoms with van der Waals surface area (Å²) in [7, 11) is 1.52. The highest BCUT2D eigenvalue weighted by molar-refractivity contribution is 6.05. The molecule has 9 heteroatoms. The minimum Gasteiger partial charge on any atom is -0.495 e. The van der Waals surface area contributed by atoms with E-state index in [0.29, 0.717) is 29.3 Å². The molecule has 0 radical (unpaired) electrons. The number of esters is 1. The number of carbonyl (C=O) groups excluding carboxylic acids is 3. The number of ether oxygens (including phenoxy) is 4. The van der Waals surface area contributed by atoms with Crippen molar-refractivity contribution in [1.82, 2.24) is 0 Å². The Kier molecular flexibility index (Phi) is 7.10. The lowest BCUT2D eigenvalue weighted by Gasteiger charge is -2.17. The quantitative estimate of drug-likeness (QED) is 0.655. The summed E-state index contributed by atoms with van der Waals surface area (Å²) in [4.78, 5) is 36.7. The van der Waals surface area contributed by atoms with Gasteiger partial charge in [-0.05, 0) is 43.3 Å². The highest BCUT2D eigenvalue weighted by atomic mass is 16.6. The standard InChI is InChI=1S/C22H22N2O7/c1-14(31-22(27)19-13-29-11-12-30-19)20(25)23-16-9-7-15(8-10-16)21(26)24-17-5-3-4-6-18(17)28-2/h3-10,13-14H,11-12H2,1-2H3,(H,23,25)(H,24,26)/t14-/m1/s1. The highest BCUT2D eigenvalue weighted by Crippen LogP contribution is 2.24. The van der Waals surface area contributed by atoms with Gasteiger partial charge in [-0.25, -0.2) is 4.79 Å². The lowest BCUT2D eigenvalue weighted by atomic mass is 10.2. The van der Waals surface area contributed by atoms with Crippen LogP contribution in [0.2, 0.25) is 0 Å². The van der Waals surface area contributed by atoms with Gasteiger partial charge in [0.1, 0.15) is 25.2 Å². The first-order chi connectivity index (χ1) is 15.0. The molecular weight excluding hydrogens is 404 g/mol. The first kappa shape index (κ1) is 21.7. The summed E-state index contributed by atoms with van der Waals surface area (Å²) in [6.07, 6.45) is 0.0954. The van der Waals surface area contributed by atoms with Gasteiger partial charge >= 0.3 is 5.97 Å². The molecule has 2 aromatic rings. The minimum atomic E-state index is -1.06. The molecule has 1 atom stereocenters. The van der Waals surface area contributed by atoms with Gasteiger partial charge in [0.25, 0.3) is 11.8 Å². The molecule has 0 aliphatic carbocycles. The Morgan fingerprint density at radius 2 is 1.74 bits per heavy atom. The van der Waals surface area contributed by atoms with Gasteiger partial charge < -0.3 is 29.6 Å². The first-order valence-corrected chi connectivity index (χ1v) is 9.49. The van der Waals surface area contributed by atoms with Crippen molar-refractivity contribution in [2.75, 3.05) is 31.0 Å². The van der Waals surface area contributed by atoms with Crippen LogP contribution in [0.15, 0.2) is 60.6 Å². The molecule has 0 saturated heterocycles. The summed E-state index contributed by atoms with van der Waals surface area (Å²) in [6.45, 7) is 2.02. The van der Waals surface area contributed by atoms with E-state index >= 15 is 0 Å². The molecule has 3 rings (SSSR count). The molecule has 0 aromatic heterocycles. The third kappa shape index (κ3) is 5.75. The minimum absolute atomic E-state index is 0.0867. The number of hydrogen-bond donors (Lipinski definition) is 2. The van der Waals surface area contributed by atoms with E-state index in [0.717, 1.165) is 6.26 Å². The predicted octanol–water partition coefficient (Wildman–Crippen LogP) is 2.71.